The number of nitrogens with one attached hydrogen (secondary N) is 2. The van der Waals surface area contributed by atoms with Crippen molar-refractivity contribution in [3.8, 4) is 0 Å². The van der Waals surface area contributed by atoms with Gasteiger partial charge in [-0.25, -0.2) is 14.4 Å². The number of ether oxygens (including phenoxy) is 2. The van der Waals surface area contributed by atoms with Gasteiger partial charge in [0.15, 0.2) is 6.10 Å². The van der Waals surface area contributed by atoms with Gasteiger partial charge < -0.3 is 25.2 Å². The van der Waals surface area contributed by atoms with Crippen LogP contribution in [0, 0.1) is 5.41 Å². The smallest absolute Gasteiger partial charge is 0.331 e. The molecule has 0 saturated heterocycles. The molecule has 2 amide bonds. The van der Waals surface area contributed by atoms with Crippen LogP contribution in [0.3, 0.4) is 0 Å². The first-order chi connectivity index (χ1) is 14.5. The Kier molecular flexibility index (Phi) is 10.5. The van der Waals surface area contributed by atoms with Gasteiger partial charge in [-0.05, 0) is 6.08 Å². The van der Waals surface area contributed by atoms with Gasteiger partial charge in [0.2, 0.25) is 11.0 Å². The van der Waals surface area contributed by atoms with E-state index in [9.17, 15) is 28.8 Å². The minimum Gasteiger partial charge on any atom is -0.478 e. The molecule has 0 radical (unpaired) electrons. The highest BCUT2D eigenvalue weighted by Gasteiger charge is 2.39. The molecule has 0 saturated carbocycles. The topological polar surface area (TPSA) is 165 Å². The van der Waals surface area contributed by atoms with Crippen molar-refractivity contribution >= 4 is 46.6 Å². The number of carboxylic acids is 1. The third-order valence-corrected chi connectivity index (χ3v) is 4.63. The molecule has 1 heterocycles. The molecule has 0 spiro atoms. The largest absolute Gasteiger partial charge is 0.478 e. The van der Waals surface area contributed by atoms with E-state index in [1.807, 2.05) is 0 Å². The molecule has 0 aromatic heterocycles. The molecular formula is C19H24N2O9S. The first kappa shape index (κ1) is 25.9. The molecule has 11 nitrogen and oxygen atoms in total. The number of thioether (sulfide) groups is 1. The zero-order valence-electron chi connectivity index (χ0n) is 17.0. The summed E-state index contributed by atoms with van der Waals surface area (Å²) in [5.74, 6) is -4.00. The quantitative estimate of drug-likeness (QED) is 0.365. The third-order valence-electron chi connectivity index (χ3n) is 3.81. The number of hydrogen-bond acceptors (Lipinski definition) is 9. The van der Waals surface area contributed by atoms with E-state index in [1.165, 1.54) is 13.8 Å². The van der Waals surface area contributed by atoms with E-state index in [4.69, 9.17) is 14.6 Å². The minimum atomic E-state index is -1.43. The van der Waals surface area contributed by atoms with E-state index >= 15 is 0 Å². The van der Waals surface area contributed by atoms with E-state index in [0.29, 0.717) is 17.9 Å². The molecule has 3 N–H and O–H groups in total. The standard InChI is InChI=1S/C19H24N2O9S/c1-19(2,11-29-14(25)4-3-13(23)24)17-18(28)21-8-7-12(22)20-9-10-31-16(27)6-5-15(26)30-17/h3-6,17H,7-11H2,1-2H3,(H,20,22)(H,21,28)(H,23,24)/b4-3+,6-5+/t17-/m0/s1. The second kappa shape index (κ2) is 12.5. The van der Waals surface area contributed by atoms with Crippen LogP contribution in [-0.4, -0.2) is 71.5 Å². The van der Waals surface area contributed by atoms with Crippen LogP contribution in [0.4, 0.5) is 0 Å². The average molecular weight is 456 g/mol. The molecule has 1 aliphatic heterocycles. The van der Waals surface area contributed by atoms with Gasteiger partial charge in [-0.3, -0.25) is 14.4 Å². The fourth-order valence-electron chi connectivity index (χ4n) is 2.25. The summed E-state index contributed by atoms with van der Waals surface area (Å²) >= 11 is 0.901. The Morgan fingerprint density at radius 2 is 1.90 bits per heavy atom. The summed E-state index contributed by atoms with van der Waals surface area (Å²) in [5.41, 5.74) is -1.23. The summed E-state index contributed by atoms with van der Waals surface area (Å²) in [6, 6.07) is 0. The lowest BCUT2D eigenvalue weighted by molar-refractivity contribution is -0.164. The highest BCUT2D eigenvalue weighted by molar-refractivity contribution is 8.14. The average Bonchev–Trinajstić information content (AvgIpc) is 2.70. The van der Waals surface area contributed by atoms with Gasteiger partial charge >= 0.3 is 17.9 Å². The molecule has 31 heavy (non-hydrogen) atoms. The number of hydrogen-bond donors (Lipinski definition) is 3. The Morgan fingerprint density at radius 3 is 2.58 bits per heavy atom. The normalized spacial score (nSPS) is 20.6. The minimum absolute atomic E-state index is 0.0291. The van der Waals surface area contributed by atoms with Crippen molar-refractivity contribution in [3.05, 3.63) is 24.3 Å². The van der Waals surface area contributed by atoms with Gasteiger partial charge in [0.25, 0.3) is 5.91 Å². The van der Waals surface area contributed by atoms with E-state index in [-0.39, 0.29) is 32.0 Å². The maximum Gasteiger partial charge on any atom is 0.331 e. The molecule has 0 unspecified atom stereocenters. The lowest BCUT2D eigenvalue weighted by Gasteiger charge is -2.31. The van der Waals surface area contributed by atoms with Crippen LogP contribution in [0.25, 0.3) is 0 Å². The highest BCUT2D eigenvalue weighted by atomic mass is 32.2. The lowest BCUT2D eigenvalue weighted by atomic mass is 9.86. The summed E-state index contributed by atoms with van der Waals surface area (Å²) in [6.45, 7) is 2.81. The first-order valence-electron chi connectivity index (χ1n) is 9.19. The molecule has 1 aliphatic rings. The van der Waals surface area contributed by atoms with Crippen LogP contribution in [0.5, 0.6) is 0 Å². The van der Waals surface area contributed by atoms with Crippen molar-refractivity contribution in [3.63, 3.8) is 0 Å². The number of carbonyl (C=O) groups excluding carboxylic acids is 5. The molecule has 1 rings (SSSR count). The monoisotopic (exact) mass is 456 g/mol. The number of rotatable bonds is 5. The summed E-state index contributed by atoms with van der Waals surface area (Å²) in [6.07, 6.45) is 1.71. The number of cyclic esters (lactones) is 1. The lowest BCUT2D eigenvalue weighted by Crippen LogP contribution is -2.49. The van der Waals surface area contributed by atoms with Crippen molar-refractivity contribution in [2.24, 2.45) is 5.41 Å². The molecule has 0 bridgehead atoms. The Hall–Kier alpha value is -3.15. The van der Waals surface area contributed by atoms with Crippen molar-refractivity contribution in [1.29, 1.82) is 0 Å². The molecule has 0 aromatic rings. The summed E-state index contributed by atoms with van der Waals surface area (Å²) in [5, 5.41) is 13.2. The number of esters is 2. The molecule has 0 aliphatic carbocycles. The van der Waals surface area contributed by atoms with Crippen LogP contribution in [0.1, 0.15) is 20.3 Å². The van der Waals surface area contributed by atoms with Gasteiger partial charge in [-0.15, -0.1) is 0 Å². The van der Waals surface area contributed by atoms with Crippen LogP contribution in [0.2, 0.25) is 0 Å². The van der Waals surface area contributed by atoms with E-state index in [2.05, 4.69) is 10.6 Å². The van der Waals surface area contributed by atoms with Crippen LogP contribution >= 0.6 is 11.8 Å². The SMILES string of the molecule is CC(C)(COC(=O)/C=C/C(=O)O)[C@H]1OC(=O)/C=C/C(=O)SCCNC(=O)CCNC1=O. The number of carbonyl (C=O) groups is 6. The number of amides is 2. The fourth-order valence-corrected chi connectivity index (χ4v) is 2.82. The van der Waals surface area contributed by atoms with Gasteiger partial charge in [0.1, 0.15) is 6.61 Å². The van der Waals surface area contributed by atoms with Crippen molar-refractivity contribution in [2.75, 3.05) is 25.4 Å². The van der Waals surface area contributed by atoms with Crippen molar-refractivity contribution in [2.45, 2.75) is 26.4 Å². The van der Waals surface area contributed by atoms with Crippen LogP contribution < -0.4 is 10.6 Å². The Bertz CT molecular complexity index is 789. The Morgan fingerprint density at radius 1 is 1.19 bits per heavy atom. The van der Waals surface area contributed by atoms with Gasteiger partial charge in [0.05, 0.1) is 0 Å². The maximum absolute atomic E-state index is 12.6. The Balaban J connectivity index is 2.97. The second-order valence-corrected chi connectivity index (χ2v) is 8.08. The maximum atomic E-state index is 12.6. The van der Waals surface area contributed by atoms with Crippen molar-refractivity contribution < 1.29 is 43.3 Å². The Labute approximate surface area is 182 Å². The first-order valence-corrected chi connectivity index (χ1v) is 10.2. The summed E-state index contributed by atoms with van der Waals surface area (Å²) in [4.78, 5) is 70.4. The molecule has 170 valence electrons. The third kappa shape index (κ3) is 10.4. The zero-order valence-corrected chi connectivity index (χ0v) is 17.9. The predicted octanol–water partition coefficient (Wildman–Crippen LogP) is -0.439. The van der Waals surface area contributed by atoms with Crippen molar-refractivity contribution in [1.82, 2.24) is 10.6 Å². The van der Waals surface area contributed by atoms with Gasteiger partial charge in [-0.2, -0.15) is 0 Å². The summed E-state index contributed by atoms with van der Waals surface area (Å²) in [7, 11) is 0. The van der Waals surface area contributed by atoms with E-state index < -0.39 is 40.4 Å². The molecule has 12 heteroatoms. The van der Waals surface area contributed by atoms with Crippen LogP contribution in [0.15, 0.2) is 24.3 Å². The van der Waals surface area contributed by atoms with E-state index in [0.717, 1.165) is 23.9 Å². The second-order valence-electron chi connectivity index (χ2n) is 6.98. The molecular weight excluding hydrogens is 432 g/mol. The van der Waals surface area contributed by atoms with E-state index in [1.54, 1.807) is 0 Å². The molecule has 1 atom stereocenters. The molecule has 0 aromatic carbocycles. The number of aliphatic carboxylic acids is 1. The predicted molar refractivity (Wildman–Crippen MR) is 109 cm³/mol. The highest BCUT2D eigenvalue weighted by Crippen LogP contribution is 2.25. The summed E-state index contributed by atoms with van der Waals surface area (Å²) < 4.78 is 10.2. The zero-order chi connectivity index (χ0) is 23.4. The molecule has 0 fully saturated rings. The van der Waals surface area contributed by atoms with Gasteiger partial charge in [0, 0.05) is 48.9 Å². The van der Waals surface area contributed by atoms with Gasteiger partial charge in [-0.1, -0.05) is 25.6 Å². The fraction of sp³-hybridized carbons (Fsp3) is 0.474. The van der Waals surface area contributed by atoms with Crippen LogP contribution in [-0.2, 0) is 38.2 Å². The number of carboxylic acid groups (broad SMARTS) is 1.